The van der Waals surface area contributed by atoms with Crippen LogP contribution < -0.4 is 10.1 Å². The molecule has 2 aromatic heterocycles. The molecular formula is C22H21N5O2S. The summed E-state index contributed by atoms with van der Waals surface area (Å²) in [5, 5.41) is 8.93. The van der Waals surface area contributed by atoms with E-state index < -0.39 is 0 Å². The van der Waals surface area contributed by atoms with E-state index in [0.29, 0.717) is 0 Å². The monoisotopic (exact) mass is 419 g/mol. The number of nitrogens with zero attached hydrogens (tertiary/aromatic N) is 4. The molecular weight excluding hydrogens is 398 g/mol. The fraction of sp³-hybridized carbons (Fsp3) is 0.182. The molecule has 8 heteroatoms. The van der Waals surface area contributed by atoms with E-state index in [1.54, 1.807) is 37.6 Å². The Labute approximate surface area is 178 Å². The van der Waals surface area contributed by atoms with Gasteiger partial charge < -0.3 is 10.1 Å². The number of carbonyl (C=O) groups is 1. The molecule has 4 aromatic rings. The third-order valence-corrected chi connectivity index (χ3v) is 5.63. The smallest absolute Gasteiger partial charge is 0.234 e. The van der Waals surface area contributed by atoms with Gasteiger partial charge in [-0.05, 0) is 49.7 Å². The lowest BCUT2D eigenvalue weighted by atomic mass is 10.1. The summed E-state index contributed by atoms with van der Waals surface area (Å²) in [6, 6.07) is 13.4. The van der Waals surface area contributed by atoms with Crippen molar-refractivity contribution in [2.75, 3.05) is 18.2 Å². The number of thioether (sulfide) groups is 1. The summed E-state index contributed by atoms with van der Waals surface area (Å²) < 4.78 is 6.94. The molecule has 1 N–H and O–H groups in total. The summed E-state index contributed by atoms with van der Waals surface area (Å²) in [6.45, 7) is 4.11. The van der Waals surface area contributed by atoms with Crippen molar-refractivity contribution in [3.05, 3.63) is 66.1 Å². The molecule has 0 radical (unpaired) electrons. The lowest BCUT2D eigenvalue weighted by Crippen LogP contribution is -2.14. The number of anilines is 1. The Kier molecular flexibility index (Phi) is 5.67. The van der Waals surface area contributed by atoms with Crippen LogP contribution in [0.2, 0.25) is 0 Å². The van der Waals surface area contributed by atoms with Gasteiger partial charge in [0.1, 0.15) is 17.1 Å². The van der Waals surface area contributed by atoms with Gasteiger partial charge in [-0.15, -0.1) is 0 Å². The van der Waals surface area contributed by atoms with Crippen molar-refractivity contribution >= 4 is 34.4 Å². The molecule has 0 saturated heterocycles. The van der Waals surface area contributed by atoms with Crippen molar-refractivity contribution in [3.63, 3.8) is 0 Å². The molecule has 4 rings (SSSR count). The SMILES string of the molecule is COc1ccc(NC(=O)CSc2ncnc3c2cnn3-c2ccc(C)cc2C)cc1. The Hall–Kier alpha value is -3.39. The van der Waals surface area contributed by atoms with Gasteiger partial charge in [-0.25, -0.2) is 14.6 Å². The van der Waals surface area contributed by atoms with E-state index in [-0.39, 0.29) is 11.7 Å². The minimum atomic E-state index is -0.112. The molecule has 7 nitrogen and oxygen atoms in total. The van der Waals surface area contributed by atoms with Crippen LogP contribution in [-0.2, 0) is 4.79 Å². The van der Waals surface area contributed by atoms with Gasteiger partial charge in [-0.1, -0.05) is 29.5 Å². The van der Waals surface area contributed by atoms with Gasteiger partial charge in [0.2, 0.25) is 5.91 Å². The Morgan fingerprint density at radius 2 is 1.93 bits per heavy atom. The Bertz CT molecular complexity index is 1200. The molecule has 0 atom stereocenters. The van der Waals surface area contributed by atoms with Gasteiger partial charge in [-0.3, -0.25) is 4.79 Å². The van der Waals surface area contributed by atoms with Crippen LogP contribution in [0.15, 0.2) is 60.0 Å². The van der Waals surface area contributed by atoms with E-state index >= 15 is 0 Å². The molecule has 2 aromatic carbocycles. The summed E-state index contributed by atoms with van der Waals surface area (Å²) in [4.78, 5) is 21.1. The first-order valence-electron chi connectivity index (χ1n) is 9.38. The largest absolute Gasteiger partial charge is 0.497 e. The zero-order valence-corrected chi connectivity index (χ0v) is 17.7. The highest BCUT2D eigenvalue weighted by Crippen LogP contribution is 2.27. The molecule has 0 aliphatic carbocycles. The highest BCUT2D eigenvalue weighted by molar-refractivity contribution is 8.00. The van der Waals surface area contributed by atoms with Crippen LogP contribution in [0.3, 0.4) is 0 Å². The topological polar surface area (TPSA) is 81.9 Å². The van der Waals surface area contributed by atoms with Crippen LogP contribution in [0, 0.1) is 13.8 Å². The van der Waals surface area contributed by atoms with Crippen LogP contribution in [0.1, 0.15) is 11.1 Å². The van der Waals surface area contributed by atoms with Gasteiger partial charge in [0.15, 0.2) is 5.65 Å². The van der Waals surface area contributed by atoms with Crippen molar-refractivity contribution in [2.24, 2.45) is 0 Å². The lowest BCUT2D eigenvalue weighted by molar-refractivity contribution is -0.113. The average Bonchev–Trinajstić information content (AvgIpc) is 3.17. The summed E-state index contributed by atoms with van der Waals surface area (Å²) in [5.74, 6) is 0.859. The number of carbonyl (C=O) groups excluding carboxylic acids is 1. The number of rotatable bonds is 6. The summed E-state index contributed by atoms with van der Waals surface area (Å²) in [7, 11) is 1.61. The fourth-order valence-electron chi connectivity index (χ4n) is 3.16. The van der Waals surface area contributed by atoms with Gasteiger partial charge in [-0.2, -0.15) is 5.10 Å². The zero-order valence-electron chi connectivity index (χ0n) is 16.9. The average molecular weight is 420 g/mol. The summed E-state index contributed by atoms with van der Waals surface area (Å²) >= 11 is 1.36. The minimum absolute atomic E-state index is 0.112. The molecule has 1 amide bonds. The van der Waals surface area contributed by atoms with E-state index in [1.165, 1.54) is 23.7 Å². The third-order valence-electron chi connectivity index (χ3n) is 4.62. The predicted molar refractivity (Wildman–Crippen MR) is 118 cm³/mol. The zero-order chi connectivity index (χ0) is 21.1. The first-order valence-corrected chi connectivity index (χ1v) is 10.4. The van der Waals surface area contributed by atoms with Crippen LogP contribution >= 0.6 is 11.8 Å². The Balaban J connectivity index is 1.51. The van der Waals surface area contributed by atoms with Gasteiger partial charge in [0.05, 0.1) is 30.1 Å². The fourth-order valence-corrected chi connectivity index (χ4v) is 3.92. The molecule has 152 valence electrons. The normalized spacial score (nSPS) is 10.9. The number of amides is 1. The molecule has 0 fully saturated rings. The van der Waals surface area contributed by atoms with E-state index in [0.717, 1.165) is 38.7 Å². The molecule has 0 unspecified atom stereocenters. The molecule has 2 heterocycles. The highest BCUT2D eigenvalue weighted by atomic mass is 32.2. The van der Waals surface area contributed by atoms with E-state index in [1.807, 2.05) is 10.7 Å². The predicted octanol–water partition coefficient (Wildman–Crippen LogP) is 4.17. The number of aryl methyl sites for hydroxylation is 2. The van der Waals surface area contributed by atoms with Gasteiger partial charge >= 0.3 is 0 Å². The van der Waals surface area contributed by atoms with E-state index in [4.69, 9.17) is 4.74 Å². The molecule has 0 saturated carbocycles. The molecule has 0 aliphatic rings. The number of hydrogen-bond acceptors (Lipinski definition) is 6. The van der Waals surface area contributed by atoms with E-state index in [9.17, 15) is 4.79 Å². The van der Waals surface area contributed by atoms with Crippen molar-refractivity contribution < 1.29 is 9.53 Å². The second-order valence-electron chi connectivity index (χ2n) is 6.83. The van der Waals surface area contributed by atoms with Crippen molar-refractivity contribution in [2.45, 2.75) is 18.9 Å². The second-order valence-corrected chi connectivity index (χ2v) is 7.79. The molecule has 0 aliphatic heterocycles. The number of ether oxygens (including phenoxy) is 1. The number of fused-ring (bicyclic) bond motifs is 1. The first kappa shape index (κ1) is 19.9. The second kappa shape index (κ2) is 8.54. The van der Waals surface area contributed by atoms with Gasteiger partial charge in [0.25, 0.3) is 0 Å². The number of benzene rings is 2. The highest BCUT2D eigenvalue weighted by Gasteiger charge is 2.14. The minimum Gasteiger partial charge on any atom is -0.497 e. The standard InChI is InChI=1S/C22H21N5O2S/c1-14-4-9-19(15(2)10-14)27-21-18(11-25-27)22(24-13-23-21)30-12-20(28)26-16-5-7-17(29-3)8-6-16/h4-11,13H,12H2,1-3H3,(H,26,28). The van der Waals surface area contributed by atoms with Crippen molar-refractivity contribution in [1.82, 2.24) is 19.7 Å². The summed E-state index contributed by atoms with van der Waals surface area (Å²) in [6.07, 6.45) is 3.26. The number of nitrogens with one attached hydrogen (secondary N) is 1. The lowest BCUT2D eigenvalue weighted by Gasteiger charge is -2.08. The molecule has 0 bridgehead atoms. The number of aromatic nitrogens is 4. The Morgan fingerprint density at radius 3 is 2.67 bits per heavy atom. The van der Waals surface area contributed by atoms with Crippen LogP contribution in [-0.4, -0.2) is 38.5 Å². The van der Waals surface area contributed by atoms with Crippen molar-refractivity contribution in [3.8, 4) is 11.4 Å². The van der Waals surface area contributed by atoms with Crippen LogP contribution in [0.5, 0.6) is 5.75 Å². The van der Waals surface area contributed by atoms with Gasteiger partial charge in [0, 0.05) is 5.69 Å². The Morgan fingerprint density at radius 1 is 1.13 bits per heavy atom. The van der Waals surface area contributed by atoms with Crippen molar-refractivity contribution in [1.29, 1.82) is 0 Å². The maximum atomic E-state index is 12.4. The maximum absolute atomic E-state index is 12.4. The number of hydrogen-bond donors (Lipinski definition) is 1. The first-order chi connectivity index (χ1) is 14.5. The molecule has 30 heavy (non-hydrogen) atoms. The number of methoxy groups -OCH3 is 1. The van der Waals surface area contributed by atoms with Crippen LogP contribution in [0.25, 0.3) is 16.7 Å². The molecule has 0 spiro atoms. The van der Waals surface area contributed by atoms with Crippen LogP contribution in [0.4, 0.5) is 5.69 Å². The maximum Gasteiger partial charge on any atom is 0.234 e. The van der Waals surface area contributed by atoms with E-state index in [2.05, 4.69) is 46.4 Å². The quantitative estimate of drug-likeness (QED) is 0.373. The third kappa shape index (κ3) is 4.13. The summed E-state index contributed by atoms with van der Waals surface area (Å²) in [5.41, 5.74) is 4.72.